The van der Waals surface area contributed by atoms with Crippen LogP contribution in [0.5, 0.6) is 0 Å². The fourth-order valence-corrected chi connectivity index (χ4v) is 3.89. The number of rotatable bonds is 16. The molecule has 2 heteroatoms. The fourth-order valence-electron chi connectivity index (χ4n) is 3.89. The van der Waals surface area contributed by atoms with E-state index in [1.165, 1.54) is 99.2 Å². The number of fused-ring (bicyclic) bond motifs is 1. The number of anilines is 2. The van der Waals surface area contributed by atoms with Crippen molar-refractivity contribution in [1.82, 2.24) is 0 Å². The second-order valence-electron chi connectivity index (χ2n) is 8.10. The van der Waals surface area contributed by atoms with E-state index < -0.39 is 0 Å². The summed E-state index contributed by atoms with van der Waals surface area (Å²) in [5.41, 5.74) is 2.55. The van der Waals surface area contributed by atoms with E-state index in [1.807, 2.05) is 0 Å². The molecule has 0 radical (unpaired) electrons. The average Bonchev–Trinajstić information content (AvgIpc) is 2.72. The molecule has 156 valence electrons. The third-order valence-corrected chi connectivity index (χ3v) is 5.60. The van der Waals surface area contributed by atoms with E-state index in [0.717, 1.165) is 13.1 Å². The molecule has 0 aliphatic rings. The third kappa shape index (κ3) is 8.12. The molecular weight excluding hydrogens is 340 g/mol. The van der Waals surface area contributed by atoms with Crippen molar-refractivity contribution >= 4 is 22.1 Å². The van der Waals surface area contributed by atoms with Crippen LogP contribution in [0.1, 0.15) is 90.9 Å². The van der Waals surface area contributed by atoms with Crippen LogP contribution in [0, 0.1) is 0 Å². The van der Waals surface area contributed by atoms with Gasteiger partial charge in [-0.3, -0.25) is 0 Å². The number of unbranched alkanes of at least 4 members (excludes halogenated alkanes) is 10. The predicted octanol–water partition coefficient (Wildman–Crippen LogP) is 8.38. The molecule has 2 rings (SSSR count). The Bertz CT molecular complexity index is 597. The second kappa shape index (κ2) is 14.3. The molecule has 0 spiro atoms. The molecule has 0 saturated carbocycles. The SMILES string of the molecule is CCCCCCCCNc1cccc2cccc(NCCCCCCCC)c12. The first-order valence-electron chi connectivity index (χ1n) is 11.9. The van der Waals surface area contributed by atoms with Crippen LogP contribution in [-0.4, -0.2) is 13.1 Å². The van der Waals surface area contributed by atoms with Gasteiger partial charge in [0.05, 0.1) is 0 Å². The Morgan fingerprint density at radius 3 is 1.43 bits per heavy atom. The van der Waals surface area contributed by atoms with Crippen LogP contribution < -0.4 is 10.6 Å². The number of hydrogen-bond donors (Lipinski definition) is 2. The summed E-state index contributed by atoms with van der Waals surface area (Å²) in [6, 6.07) is 13.2. The second-order valence-corrected chi connectivity index (χ2v) is 8.10. The van der Waals surface area contributed by atoms with Gasteiger partial charge in [0, 0.05) is 29.9 Å². The zero-order chi connectivity index (χ0) is 19.9. The van der Waals surface area contributed by atoms with Crippen molar-refractivity contribution in [3.05, 3.63) is 36.4 Å². The molecule has 0 aromatic heterocycles. The molecule has 0 atom stereocenters. The largest absolute Gasteiger partial charge is 0.384 e. The summed E-state index contributed by atoms with van der Waals surface area (Å²) < 4.78 is 0. The molecule has 0 saturated heterocycles. The molecule has 0 amide bonds. The van der Waals surface area contributed by atoms with Crippen LogP contribution in [-0.2, 0) is 0 Å². The maximum absolute atomic E-state index is 3.70. The first kappa shape index (κ1) is 22.6. The highest BCUT2D eigenvalue weighted by Gasteiger charge is 2.06. The lowest BCUT2D eigenvalue weighted by molar-refractivity contribution is 0.617. The van der Waals surface area contributed by atoms with Crippen molar-refractivity contribution in [1.29, 1.82) is 0 Å². The topological polar surface area (TPSA) is 24.1 Å². The van der Waals surface area contributed by atoms with Crippen molar-refractivity contribution in [2.75, 3.05) is 23.7 Å². The molecule has 0 aliphatic carbocycles. The highest BCUT2D eigenvalue weighted by molar-refractivity contribution is 6.03. The minimum atomic E-state index is 1.07. The van der Waals surface area contributed by atoms with Gasteiger partial charge in [-0.25, -0.2) is 0 Å². The van der Waals surface area contributed by atoms with Crippen LogP contribution in [0.25, 0.3) is 10.8 Å². The van der Waals surface area contributed by atoms with Crippen LogP contribution in [0.3, 0.4) is 0 Å². The van der Waals surface area contributed by atoms with E-state index in [-0.39, 0.29) is 0 Å². The summed E-state index contributed by atoms with van der Waals surface area (Å²) in [5, 5.41) is 10.1. The lowest BCUT2D eigenvalue weighted by Crippen LogP contribution is -2.05. The average molecular weight is 383 g/mol. The van der Waals surface area contributed by atoms with Crippen molar-refractivity contribution in [2.45, 2.75) is 90.9 Å². The van der Waals surface area contributed by atoms with Gasteiger partial charge in [-0.15, -0.1) is 0 Å². The number of hydrogen-bond acceptors (Lipinski definition) is 2. The van der Waals surface area contributed by atoms with E-state index in [4.69, 9.17) is 0 Å². The van der Waals surface area contributed by atoms with Crippen LogP contribution >= 0.6 is 0 Å². The van der Waals surface area contributed by atoms with Crippen LogP contribution in [0.15, 0.2) is 36.4 Å². The fraction of sp³-hybridized carbons (Fsp3) is 0.615. The van der Waals surface area contributed by atoms with Crippen molar-refractivity contribution < 1.29 is 0 Å². The Hall–Kier alpha value is -1.70. The minimum Gasteiger partial charge on any atom is -0.384 e. The van der Waals surface area contributed by atoms with Gasteiger partial charge >= 0.3 is 0 Å². The summed E-state index contributed by atoms with van der Waals surface area (Å²) in [6.45, 7) is 6.69. The van der Waals surface area contributed by atoms with E-state index in [2.05, 4.69) is 60.9 Å². The molecular formula is C26H42N2. The molecule has 2 nitrogen and oxygen atoms in total. The van der Waals surface area contributed by atoms with Gasteiger partial charge < -0.3 is 10.6 Å². The van der Waals surface area contributed by atoms with Gasteiger partial charge in [0.1, 0.15) is 0 Å². The molecule has 2 aromatic carbocycles. The van der Waals surface area contributed by atoms with Crippen LogP contribution in [0.4, 0.5) is 11.4 Å². The Labute approximate surface area is 173 Å². The van der Waals surface area contributed by atoms with Gasteiger partial charge in [-0.1, -0.05) is 102 Å². The van der Waals surface area contributed by atoms with E-state index in [9.17, 15) is 0 Å². The predicted molar refractivity (Wildman–Crippen MR) is 128 cm³/mol. The molecule has 28 heavy (non-hydrogen) atoms. The van der Waals surface area contributed by atoms with Gasteiger partial charge in [0.2, 0.25) is 0 Å². The molecule has 0 heterocycles. The Morgan fingerprint density at radius 2 is 0.964 bits per heavy atom. The summed E-state index contributed by atoms with van der Waals surface area (Å²) in [6.07, 6.45) is 16.1. The Morgan fingerprint density at radius 1 is 0.536 bits per heavy atom. The summed E-state index contributed by atoms with van der Waals surface area (Å²) in [4.78, 5) is 0. The monoisotopic (exact) mass is 382 g/mol. The van der Waals surface area contributed by atoms with Crippen LogP contribution in [0.2, 0.25) is 0 Å². The Kier molecular flexibility index (Phi) is 11.6. The van der Waals surface area contributed by atoms with E-state index >= 15 is 0 Å². The molecule has 0 aliphatic heterocycles. The quantitative estimate of drug-likeness (QED) is 0.285. The van der Waals surface area contributed by atoms with E-state index in [1.54, 1.807) is 0 Å². The zero-order valence-electron chi connectivity index (χ0n) is 18.4. The maximum Gasteiger partial charge on any atom is 0.0440 e. The molecule has 2 N–H and O–H groups in total. The highest BCUT2D eigenvalue weighted by atomic mass is 14.9. The van der Waals surface area contributed by atoms with Gasteiger partial charge in [0.25, 0.3) is 0 Å². The first-order chi connectivity index (χ1) is 13.9. The van der Waals surface area contributed by atoms with E-state index in [0.29, 0.717) is 0 Å². The highest BCUT2D eigenvalue weighted by Crippen LogP contribution is 2.31. The lowest BCUT2D eigenvalue weighted by Gasteiger charge is -2.15. The lowest BCUT2D eigenvalue weighted by atomic mass is 10.1. The summed E-state index contributed by atoms with van der Waals surface area (Å²) in [7, 11) is 0. The van der Waals surface area contributed by atoms with Gasteiger partial charge in [-0.2, -0.15) is 0 Å². The minimum absolute atomic E-state index is 1.07. The smallest absolute Gasteiger partial charge is 0.0440 e. The standard InChI is InChI=1S/C26H42N2/c1-3-5-7-9-11-13-21-27-24-19-15-17-23-18-16-20-25(26(23)24)28-22-14-12-10-8-6-4-2/h15-20,27-28H,3-14,21-22H2,1-2H3. The molecule has 0 unspecified atom stereocenters. The van der Waals surface area contributed by atoms with Crippen molar-refractivity contribution in [2.24, 2.45) is 0 Å². The molecule has 0 bridgehead atoms. The molecule has 2 aromatic rings. The van der Waals surface area contributed by atoms with Gasteiger partial charge in [-0.05, 0) is 30.4 Å². The molecule has 0 fully saturated rings. The number of benzene rings is 2. The number of nitrogens with one attached hydrogen (secondary N) is 2. The maximum atomic E-state index is 3.70. The third-order valence-electron chi connectivity index (χ3n) is 5.60. The summed E-state index contributed by atoms with van der Waals surface area (Å²) in [5.74, 6) is 0. The zero-order valence-corrected chi connectivity index (χ0v) is 18.4. The normalized spacial score (nSPS) is 11.1. The van der Waals surface area contributed by atoms with Gasteiger partial charge in [0.15, 0.2) is 0 Å². The Balaban J connectivity index is 1.84. The first-order valence-corrected chi connectivity index (χ1v) is 11.9. The summed E-state index contributed by atoms with van der Waals surface area (Å²) >= 11 is 0. The van der Waals surface area contributed by atoms with Crippen molar-refractivity contribution in [3.63, 3.8) is 0 Å². The van der Waals surface area contributed by atoms with Crippen molar-refractivity contribution in [3.8, 4) is 0 Å².